The van der Waals surface area contributed by atoms with Gasteiger partial charge >= 0.3 is 0 Å². The molecule has 0 heterocycles. The van der Waals surface area contributed by atoms with Gasteiger partial charge in [0, 0.05) is 0 Å². The Balaban J connectivity index is 1.85. The third-order valence-corrected chi connectivity index (χ3v) is 4.82. The van der Waals surface area contributed by atoms with E-state index in [2.05, 4.69) is 6.92 Å². The Morgan fingerprint density at radius 1 is 0.905 bits per heavy atom. The summed E-state index contributed by atoms with van der Waals surface area (Å²) < 4.78 is 40.1. The molecule has 0 bridgehead atoms. The van der Waals surface area contributed by atoms with Crippen molar-refractivity contribution in [2.75, 3.05) is 0 Å². The highest BCUT2D eigenvalue weighted by Gasteiger charge is 2.26. The third-order valence-electron chi connectivity index (χ3n) is 4.82. The van der Waals surface area contributed by atoms with E-state index in [-0.39, 0.29) is 5.92 Å². The number of hydrogen-bond acceptors (Lipinski definition) is 0. The third kappa shape index (κ3) is 4.24. The molecular formula is C18H25F3. The molecule has 0 saturated heterocycles. The van der Waals surface area contributed by atoms with Crippen molar-refractivity contribution in [2.24, 2.45) is 5.92 Å². The molecule has 0 amide bonds. The number of unbranched alkanes of at least 4 members (excludes halogenated alkanes) is 3. The Hall–Kier alpha value is -0.990. The van der Waals surface area contributed by atoms with Crippen LogP contribution < -0.4 is 0 Å². The van der Waals surface area contributed by atoms with Crippen molar-refractivity contribution < 1.29 is 13.2 Å². The van der Waals surface area contributed by atoms with Gasteiger partial charge in [-0.2, -0.15) is 0 Å². The molecule has 118 valence electrons. The first-order chi connectivity index (χ1) is 10.1. The van der Waals surface area contributed by atoms with Crippen molar-refractivity contribution in [1.82, 2.24) is 0 Å². The van der Waals surface area contributed by atoms with E-state index in [4.69, 9.17) is 0 Å². The van der Waals surface area contributed by atoms with Gasteiger partial charge < -0.3 is 0 Å². The largest absolute Gasteiger partial charge is 0.204 e. The molecule has 1 aliphatic carbocycles. The second kappa shape index (κ2) is 7.86. The van der Waals surface area contributed by atoms with Crippen LogP contribution in [0.3, 0.4) is 0 Å². The van der Waals surface area contributed by atoms with Crippen molar-refractivity contribution in [1.29, 1.82) is 0 Å². The van der Waals surface area contributed by atoms with E-state index in [0.29, 0.717) is 5.56 Å². The highest BCUT2D eigenvalue weighted by Crippen LogP contribution is 2.39. The quantitative estimate of drug-likeness (QED) is 0.424. The Labute approximate surface area is 125 Å². The lowest BCUT2D eigenvalue weighted by Crippen LogP contribution is -2.15. The first-order valence-corrected chi connectivity index (χ1v) is 8.26. The fraction of sp³-hybridized carbons (Fsp3) is 0.667. The van der Waals surface area contributed by atoms with Crippen LogP contribution >= 0.6 is 0 Å². The minimum absolute atomic E-state index is 0.0481. The molecule has 1 aliphatic rings. The zero-order valence-corrected chi connectivity index (χ0v) is 12.8. The van der Waals surface area contributed by atoms with Crippen molar-refractivity contribution in [3.05, 3.63) is 35.1 Å². The van der Waals surface area contributed by atoms with Crippen LogP contribution in [-0.2, 0) is 0 Å². The summed E-state index contributed by atoms with van der Waals surface area (Å²) in [5, 5.41) is 0. The lowest BCUT2D eigenvalue weighted by atomic mass is 9.77. The number of hydrogen-bond donors (Lipinski definition) is 0. The minimum Gasteiger partial charge on any atom is -0.204 e. The van der Waals surface area contributed by atoms with E-state index in [9.17, 15) is 13.2 Å². The molecule has 1 fully saturated rings. The number of halogens is 3. The van der Waals surface area contributed by atoms with Gasteiger partial charge in [0.15, 0.2) is 17.5 Å². The van der Waals surface area contributed by atoms with E-state index >= 15 is 0 Å². The van der Waals surface area contributed by atoms with Crippen molar-refractivity contribution in [3.8, 4) is 0 Å². The minimum atomic E-state index is -1.32. The Kier molecular flexibility index (Phi) is 6.13. The highest BCUT2D eigenvalue weighted by molar-refractivity contribution is 5.24. The van der Waals surface area contributed by atoms with Gasteiger partial charge in [-0.05, 0) is 49.1 Å². The molecule has 0 radical (unpaired) electrons. The summed E-state index contributed by atoms with van der Waals surface area (Å²) in [7, 11) is 0. The van der Waals surface area contributed by atoms with Gasteiger partial charge in [0.2, 0.25) is 0 Å². The van der Waals surface area contributed by atoms with E-state index in [1.54, 1.807) is 0 Å². The van der Waals surface area contributed by atoms with Gasteiger partial charge in [-0.3, -0.25) is 0 Å². The van der Waals surface area contributed by atoms with E-state index in [1.807, 2.05) is 0 Å². The summed E-state index contributed by atoms with van der Waals surface area (Å²) >= 11 is 0. The molecule has 1 aromatic carbocycles. The van der Waals surface area contributed by atoms with Crippen LogP contribution in [0.5, 0.6) is 0 Å². The predicted octanol–water partition coefficient (Wildman–Crippen LogP) is 6.35. The highest BCUT2D eigenvalue weighted by atomic mass is 19.2. The molecular weight excluding hydrogens is 273 g/mol. The van der Waals surface area contributed by atoms with Crippen LogP contribution in [0.25, 0.3) is 0 Å². The standard InChI is InChI=1S/C18H25F3/c1-2-3-4-5-6-13-7-9-14(10-8-13)15-11-12-16(19)18(21)17(15)20/h11-14H,2-10H2,1H3. The van der Waals surface area contributed by atoms with Gasteiger partial charge in [-0.25, -0.2) is 13.2 Å². The summed E-state index contributed by atoms with van der Waals surface area (Å²) in [6.07, 6.45) is 10.3. The van der Waals surface area contributed by atoms with E-state index in [1.165, 1.54) is 38.2 Å². The molecule has 0 spiro atoms. The van der Waals surface area contributed by atoms with Crippen LogP contribution in [0, 0.1) is 23.4 Å². The van der Waals surface area contributed by atoms with Crippen molar-refractivity contribution in [3.63, 3.8) is 0 Å². The lowest BCUT2D eigenvalue weighted by molar-refractivity contribution is 0.296. The molecule has 1 saturated carbocycles. The fourth-order valence-electron chi connectivity index (χ4n) is 3.48. The van der Waals surface area contributed by atoms with Crippen LogP contribution in [0.2, 0.25) is 0 Å². The molecule has 0 N–H and O–H groups in total. The normalized spacial score (nSPS) is 22.5. The van der Waals surface area contributed by atoms with Crippen LogP contribution in [0.1, 0.15) is 76.2 Å². The average molecular weight is 298 g/mol. The molecule has 21 heavy (non-hydrogen) atoms. The first-order valence-electron chi connectivity index (χ1n) is 8.26. The summed E-state index contributed by atoms with van der Waals surface area (Å²) in [6, 6.07) is 2.46. The maximum Gasteiger partial charge on any atom is 0.194 e. The van der Waals surface area contributed by atoms with Crippen LogP contribution in [0.15, 0.2) is 12.1 Å². The Morgan fingerprint density at radius 2 is 1.62 bits per heavy atom. The van der Waals surface area contributed by atoms with E-state index < -0.39 is 17.5 Å². The second-order valence-electron chi connectivity index (χ2n) is 6.33. The van der Waals surface area contributed by atoms with Gasteiger partial charge in [-0.1, -0.05) is 45.1 Å². The molecule has 1 aromatic rings. The zero-order chi connectivity index (χ0) is 15.2. The monoisotopic (exact) mass is 298 g/mol. The van der Waals surface area contributed by atoms with Gasteiger partial charge in [0.25, 0.3) is 0 Å². The molecule has 0 atom stereocenters. The maximum atomic E-state index is 13.8. The Bertz CT molecular complexity index is 448. The van der Waals surface area contributed by atoms with E-state index in [0.717, 1.165) is 37.7 Å². The fourth-order valence-corrected chi connectivity index (χ4v) is 3.48. The van der Waals surface area contributed by atoms with Gasteiger partial charge in [-0.15, -0.1) is 0 Å². The smallest absolute Gasteiger partial charge is 0.194 e. The van der Waals surface area contributed by atoms with Crippen molar-refractivity contribution in [2.45, 2.75) is 70.6 Å². The average Bonchev–Trinajstić information content (AvgIpc) is 2.50. The summed E-state index contributed by atoms with van der Waals surface area (Å²) in [5.74, 6) is -2.63. The van der Waals surface area contributed by atoms with Crippen molar-refractivity contribution >= 4 is 0 Å². The zero-order valence-electron chi connectivity index (χ0n) is 12.8. The Morgan fingerprint density at radius 3 is 2.29 bits per heavy atom. The number of benzene rings is 1. The molecule has 0 nitrogen and oxygen atoms in total. The number of rotatable bonds is 6. The topological polar surface area (TPSA) is 0 Å². The molecule has 0 aromatic heterocycles. The van der Waals surface area contributed by atoms with Gasteiger partial charge in [0.05, 0.1) is 0 Å². The summed E-state index contributed by atoms with van der Waals surface area (Å²) in [6.45, 7) is 2.21. The predicted molar refractivity (Wildman–Crippen MR) is 79.8 cm³/mol. The van der Waals surface area contributed by atoms with Gasteiger partial charge in [0.1, 0.15) is 0 Å². The van der Waals surface area contributed by atoms with Crippen LogP contribution in [-0.4, -0.2) is 0 Å². The SMILES string of the molecule is CCCCCCC1CCC(c2ccc(F)c(F)c2F)CC1. The first kappa shape index (κ1) is 16.4. The molecule has 0 aliphatic heterocycles. The lowest BCUT2D eigenvalue weighted by Gasteiger charge is -2.29. The molecule has 0 unspecified atom stereocenters. The van der Waals surface area contributed by atoms with Crippen LogP contribution in [0.4, 0.5) is 13.2 Å². The molecule has 2 rings (SSSR count). The maximum absolute atomic E-state index is 13.8. The summed E-state index contributed by atoms with van der Waals surface area (Å²) in [4.78, 5) is 0. The summed E-state index contributed by atoms with van der Waals surface area (Å²) in [5.41, 5.74) is 0.360. The second-order valence-corrected chi connectivity index (χ2v) is 6.33. The molecule has 3 heteroatoms.